The predicted octanol–water partition coefficient (Wildman–Crippen LogP) is -2.06. The minimum atomic E-state index is -2.26. The zero-order valence-corrected chi connectivity index (χ0v) is 41.7. The lowest BCUT2D eigenvalue weighted by molar-refractivity contribution is -0.148. The van der Waals surface area contributed by atoms with Crippen LogP contribution in [0.25, 0.3) is 11.1 Å². The number of benzene rings is 3. The number of phenols is 1. The molecule has 23 heteroatoms. The molecule has 6 amide bonds. The number of carbonyl (C=O) groups excluding carboxylic acids is 6. The number of phenolic OH excluding ortho intramolecular Hbond substituents is 1. The van der Waals surface area contributed by atoms with Crippen molar-refractivity contribution in [2.75, 3.05) is 25.0 Å². The van der Waals surface area contributed by atoms with Crippen LogP contribution in [0, 0.1) is 11.8 Å². The van der Waals surface area contributed by atoms with Gasteiger partial charge in [-0.3, -0.25) is 28.8 Å². The zero-order chi connectivity index (χ0) is 54.3. The van der Waals surface area contributed by atoms with Gasteiger partial charge < -0.3 is 87.1 Å². The van der Waals surface area contributed by atoms with Crippen molar-refractivity contribution in [3.8, 4) is 22.6 Å². The molecule has 6 rings (SSSR count). The van der Waals surface area contributed by atoms with Gasteiger partial charge in [-0.2, -0.15) is 0 Å². The third-order valence-corrected chi connectivity index (χ3v) is 13.5. The first kappa shape index (κ1) is 56.8. The highest BCUT2D eigenvalue weighted by Crippen LogP contribution is 2.29. The summed E-state index contributed by atoms with van der Waals surface area (Å²) in [4.78, 5) is 87.4. The molecule has 404 valence electrons. The van der Waals surface area contributed by atoms with Crippen molar-refractivity contribution in [2.45, 2.75) is 139 Å². The van der Waals surface area contributed by atoms with Crippen molar-refractivity contribution >= 4 is 41.1 Å². The Morgan fingerprint density at radius 3 is 1.78 bits per heavy atom. The van der Waals surface area contributed by atoms with E-state index in [4.69, 9.17) is 4.74 Å². The summed E-state index contributed by atoms with van der Waals surface area (Å²) in [6, 6.07) is 7.85. The first-order valence-electron chi connectivity index (χ1n) is 24.6. The second-order valence-corrected chi connectivity index (χ2v) is 19.9. The summed E-state index contributed by atoms with van der Waals surface area (Å²) in [5, 5.41) is 112. The van der Waals surface area contributed by atoms with E-state index in [1.807, 2.05) is 24.3 Å². The number of amides is 6. The highest BCUT2D eigenvalue weighted by molar-refractivity contribution is 5.98. The molecule has 3 aromatic carbocycles. The van der Waals surface area contributed by atoms with E-state index >= 15 is 0 Å². The monoisotopic (exact) mass is 1040 g/mol. The molecule has 14 N–H and O–H groups in total. The number of nitrogens with zero attached hydrogens (tertiary/aromatic N) is 2. The maximum absolute atomic E-state index is 14.4. The fourth-order valence-corrected chi connectivity index (χ4v) is 9.14. The molecule has 23 nitrogen and oxygen atoms in total. The number of hydrogen-bond acceptors (Lipinski definition) is 17. The number of aliphatic hydroxyl groups excluding tert-OH is 8. The lowest BCUT2D eigenvalue weighted by Gasteiger charge is -2.34. The van der Waals surface area contributed by atoms with Crippen molar-refractivity contribution in [1.29, 1.82) is 0 Å². The average Bonchev–Trinajstić information content (AvgIpc) is 3.90. The van der Waals surface area contributed by atoms with Gasteiger partial charge in [-0.25, -0.2) is 0 Å². The molecule has 0 bridgehead atoms. The van der Waals surface area contributed by atoms with Crippen LogP contribution in [0.5, 0.6) is 11.5 Å². The van der Waals surface area contributed by atoms with Crippen molar-refractivity contribution < 1.29 is 79.5 Å². The Bertz CT molecular complexity index is 2430. The van der Waals surface area contributed by atoms with Gasteiger partial charge >= 0.3 is 0 Å². The Kier molecular flexibility index (Phi) is 19.0. The number of nitrogens with one attached hydrogen (secondary N) is 5. The van der Waals surface area contributed by atoms with E-state index in [2.05, 4.69) is 40.4 Å². The quantitative estimate of drug-likeness (QED) is 0.0928. The van der Waals surface area contributed by atoms with Gasteiger partial charge in [-0.15, -0.1) is 0 Å². The summed E-state index contributed by atoms with van der Waals surface area (Å²) < 4.78 is 5.84. The van der Waals surface area contributed by atoms with E-state index in [9.17, 15) is 74.7 Å². The smallest absolute Gasteiger partial charge is 0.248 e. The Balaban J connectivity index is 1.36. The van der Waals surface area contributed by atoms with E-state index in [0.717, 1.165) is 41.2 Å². The number of hydrogen-bond donors (Lipinski definition) is 14. The van der Waals surface area contributed by atoms with Gasteiger partial charge in [-0.1, -0.05) is 57.2 Å². The molecule has 0 saturated carbocycles. The van der Waals surface area contributed by atoms with E-state index in [-0.39, 0.29) is 17.9 Å². The fourth-order valence-electron chi connectivity index (χ4n) is 9.14. The molecular formula is C51H69N7O16. The average molecular weight is 1040 g/mol. The Morgan fingerprint density at radius 2 is 1.20 bits per heavy atom. The molecule has 3 saturated heterocycles. The number of carbonyl (C=O) groups is 6. The lowest BCUT2D eigenvalue weighted by atomic mass is 9.96. The van der Waals surface area contributed by atoms with Crippen molar-refractivity contribution in [1.82, 2.24) is 31.1 Å². The first-order valence-corrected chi connectivity index (χ1v) is 24.6. The van der Waals surface area contributed by atoms with Crippen LogP contribution in [0.15, 0.2) is 72.8 Å². The fraction of sp³-hybridized carbons (Fsp3) is 0.529. The molecule has 0 radical (unpaired) electrons. The third kappa shape index (κ3) is 13.6. The summed E-state index contributed by atoms with van der Waals surface area (Å²) >= 11 is 0. The van der Waals surface area contributed by atoms with E-state index in [0.29, 0.717) is 24.0 Å². The van der Waals surface area contributed by atoms with Gasteiger partial charge in [0.2, 0.25) is 35.4 Å². The van der Waals surface area contributed by atoms with Crippen LogP contribution in [-0.2, 0) is 28.8 Å². The van der Waals surface area contributed by atoms with Gasteiger partial charge in [0.15, 0.2) is 6.23 Å². The van der Waals surface area contributed by atoms with E-state index in [1.54, 1.807) is 24.3 Å². The standard InChI is InChI=1S/C51H69N7O16/c1-24(2)18-19-74-34-16-10-29(11-17-34)28-6-12-31(13-7-28)52-35-21-37(63)47(69)56-49(71)41-42(64)25(3)22-58(41)51(73)39(27(5)60)54-48(70)40(44(66)43(65)30-8-14-32(61)15-9-30)55-46(68)36-20-33(62)23-57(36)50(72)38(26(4)59)53-45(35)67/h6-17,24-27,33,35-44,47,52,59-66,69H,18-23H2,1-5H3,(H,53,67)(H,54,70)(H,55,68)(H,56,71). The number of fused-ring (bicyclic) bond motifs is 2. The van der Waals surface area contributed by atoms with Crippen LogP contribution in [0.2, 0.25) is 0 Å². The Morgan fingerprint density at radius 1 is 0.649 bits per heavy atom. The summed E-state index contributed by atoms with van der Waals surface area (Å²) in [5.41, 5.74) is 1.86. The molecule has 3 aliphatic rings. The maximum atomic E-state index is 14.4. The van der Waals surface area contributed by atoms with Crippen LogP contribution in [0.1, 0.15) is 65.5 Å². The van der Waals surface area contributed by atoms with Crippen LogP contribution >= 0.6 is 0 Å². The molecule has 15 unspecified atom stereocenters. The largest absolute Gasteiger partial charge is 0.508 e. The summed E-state index contributed by atoms with van der Waals surface area (Å²) in [5.74, 6) is -6.88. The molecule has 3 aliphatic heterocycles. The number of ether oxygens (including phenoxy) is 1. The van der Waals surface area contributed by atoms with Gasteiger partial charge in [0.1, 0.15) is 66.1 Å². The highest BCUT2D eigenvalue weighted by Gasteiger charge is 2.50. The molecular weight excluding hydrogens is 967 g/mol. The molecule has 15 atom stereocenters. The van der Waals surface area contributed by atoms with Gasteiger partial charge in [0.25, 0.3) is 0 Å². The van der Waals surface area contributed by atoms with E-state index in [1.165, 1.54) is 31.2 Å². The van der Waals surface area contributed by atoms with Crippen molar-refractivity contribution in [3.63, 3.8) is 0 Å². The summed E-state index contributed by atoms with van der Waals surface area (Å²) in [7, 11) is 0. The second kappa shape index (κ2) is 24.7. The molecule has 74 heavy (non-hydrogen) atoms. The lowest BCUT2D eigenvalue weighted by Crippen LogP contribution is -2.64. The van der Waals surface area contributed by atoms with Gasteiger partial charge in [-0.05, 0) is 79.3 Å². The predicted molar refractivity (Wildman–Crippen MR) is 264 cm³/mol. The van der Waals surface area contributed by atoms with Crippen LogP contribution in [0.4, 0.5) is 5.69 Å². The Hall–Kier alpha value is -6.44. The molecule has 0 aromatic heterocycles. The number of rotatable bonds is 12. The normalized spacial score (nSPS) is 29.4. The molecule has 0 aliphatic carbocycles. The minimum absolute atomic E-state index is 0.0539. The first-order chi connectivity index (χ1) is 34.9. The van der Waals surface area contributed by atoms with Crippen molar-refractivity contribution in [3.05, 3.63) is 78.4 Å². The van der Waals surface area contributed by atoms with Crippen molar-refractivity contribution in [2.24, 2.45) is 11.8 Å². The molecule has 3 fully saturated rings. The topological polar surface area (TPSA) is 360 Å². The van der Waals surface area contributed by atoms with E-state index < -0.39 is 146 Å². The molecule has 3 aromatic rings. The SMILES string of the molecule is CC(C)CCOc1ccc(-c2ccc(NC3CC(O)C(O)NC(=O)C4C(O)C(C)CN4C(=O)C(C(C)O)NC(=O)C(C(O)C(O)c4ccc(O)cc4)NC(=O)C4CC(O)CN4C(=O)C(C(C)O)NC3=O)cc2)cc1. The summed E-state index contributed by atoms with van der Waals surface area (Å²) in [6.45, 7) is 7.66. The maximum Gasteiger partial charge on any atom is 0.248 e. The number of aliphatic hydroxyl groups is 8. The molecule has 3 heterocycles. The zero-order valence-electron chi connectivity index (χ0n) is 41.7. The van der Waals surface area contributed by atoms with Gasteiger partial charge in [0, 0.05) is 37.5 Å². The number of anilines is 1. The summed E-state index contributed by atoms with van der Waals surface area (Å²) in [6.07, 6.45) is -15.1. The highest BCUT2D eigenvalue weighted by atomic mass is 16.5. The van der Waals surface area contributed by atoms with Crippen LogP contribution in [-0.4, -0.2) is 190 Å². The number of aromatic hydroxyl groups is 1. The second-order valence-electron chi connectivity index (χ2n) is 19.9. The van der Waals surface area contributed by atoms with Crippen LogP contribution < -0.4 is 31.3 Å². The molecule has 0 spiro atoms. The Labute approximate surface area is 427 Å². The minimum Gasteiger partial charge on any atom is -0.508 e. The third-order valence-electron chi connectivity index (χ3n) is 13.5. The van der Waals surface area contributed by atoms with Crippen LogP contribution in [0.3, 0.4) is 0 Å². The van der Waals surface area contributed by atoms with Gasteiger partial charge in [0.05, 0.1) is 31.0 Å².